The van der Waals surface area contributed by atoms with E-state index in [0.717, 1.165) is 6.54 Å². The summed E-state index contributed by atoms with van der Waals surface area (Å²) < 4.78 is 12.2. The first kappa shape index (κ1) is 12.1. The van der Waals surface area contributed by atoms with Crippen LogP contribution in [0.2, 0.25) is 0 Å². The molecular weight excluding hydrogens is 222 g/mol. The summed E-state index contributed by atoms with van der Waals surface area (Å²) in [5.74, 6) is 0.419. The Bertz CT molecular complexity index is 416. The molecule has 17 heavy (non-hydrogen) atoms. The van der Waals surface area contributed by atoms with E-state index in [1.165, 1.54) is 11.8 Å². The first-order valence-electron chi connectivity index (χ1n) is 5.54. The summed E-state index contributed by atoms with van der Waals surface area (Å²) in [5.41, 5.74) is 0.466. The van der Waals surface area contributed by atoms with Gasteiger partial charge in [-0.05, 0) is 7.05 Å². The number of aromatic nitrogens is 2. The molecular formula is C11H17N3O3. The number of morpholine rings is 1. The van der Waals surface area contributed by atoms with Gasteiger partial charge in [0, 0.05) is 20.1 Å². The molecule has 1 aliphatic heterocycles. The maximum absolute atomic E-state index is 12.3. The summed E-state index contributed by atoms with van der Waals surface area (Å²) in [6, 6.07) is 0. The predicted octanol–water partition coefficient (Wildman–Crippen LogP) is -0.0580. The SMILES string of the molecule is COc1cnn(C)c1C(=O)C1CN(C)CCO1. The smallest absolute Gasteiger partial charge is 0.214 e. The fourth-order valence-corrected chi connectivity index (χ4v) is 1.94. The Morgan fingerprint density at radius 1 is 1.59 bits per heavy atom. The number of carbonyl (C=O) groups is 1. The highest BCUT2D eigenvalue weighted by Gasteiger charge is 2.30. The highest BCUT2D eigenvalue weighted by Crippen LogP contribution is 2.20. The van der Waals surface area contributed by atoms with Crippen LogP contribution in [0.3, 0.4) is 0 Å². The molecule has 0 bridgehead atoms. The summed E-state index contributed by atoms with van der Waals surface area (Å²) in [7, 11) is 5.23. The van der Waals surface area contributed by atoms with Gasteiger partial charge < -0.3 is 14.4 Å². The number of hydrogen-bond donors (Lipinski definition) is 0. The third-order valence-electron chi connectivity index (χ3n) is 2.92. The Hall–Kier alpha value is -1.40. The number of nitrogens with zero attached hydrogens (tertiary/aromatic N) is 3. The number of Topliss-reactive ketones (excluding diaryl/α,β-unsaturated/α-hetero) is 1. The molecule has 1 aromatic rings. The molecule has 2 heterocycles. The van der Waals surface area contributed by atoms with Gasteiger partial charge in [0.1, 0.15) is 11.8 Å². The van der Waals surface area contributed by atoms with Gasteiger partial charge in [-0.2, -0.15) is 5.10 Å². The van der Waals surface area contributed by atoms with Crippen LogP contribution < -0.4 is 4.74 Å². The van der Waals surface area contributed by atoms with E-state index < -0.39 is 6.10 Å². The summed E-state index contributed by atoms with van der Waals surface area (Å²) >= 11 is 0. The van der Waals surface area contributed by atoms with Crippen LogP contribution >= 0.6 is 0 Å². The number of ether oxygens (including phenoxy) is 2. The van der Waals surface area contributed by atoms with E-state index in [2.05, 4.69) is 10.00 Å². The Balaban J connectivity index is 2.21. The van der Waals surface area contributed by atoms with E-state index in [1.54, 1.807) is 13.2 Å². The van der Waals surface area contributed by atoms with Crippen LogP contribution in [0, 0.1) is 0 Å². The van der Waals surface area contributed by atoms with E-state index in [-0.39, 0.29) is 5.78 Å². The summed E-state index contributed by atoms with van der Waals surface area (Å²) in [6.45, 7) is 2.03. The van der Waals surface area contributed by atoms with Gasteiger partial charge in [-0.25, -0.2) is 0 Å². The van der Waals surface area contributed by atoms with Crippen molar-refractivity contribution in [2.24, 2.45) is 7.05 Å². The van der Waals surface area contributed by atoms with E-state index in [9.17, 15) is 4.79 Å². The molecule has 94 valence electrons. The third-order valence-corrected chi connectivity index (χ3v) is 2.92. The maximum atomic E-state index is 12.3. The molecule has 0 amide bonds. The summed E-state index contributed by atoms with van der Waals surface area (Å²) in [5, 5.41) is 4.02. The Labute approximate surface area is 100 Å². The van der Waals surface area contributed by atoms with Crippen molar-refractivity contribution in [1.29, 1.82) is 0 Å². The van der Waals surface area contributed by atoms with Crippen LogP contribution in [0.15, 0.2) is 6.20 Å². The molecule has 0 N–H and O–H groups in total. The zero-order valence-electron chi connectivity index (χ0n) is 10.3. The minimum Gasteiger partial charge on any atom is -0.493 e. The number of carbonyl (C=O) groups excluding carboxylic acids is 1. The molecule has 1 fully saturated rings. The molecule has 0 aromatic carbocycles. The third kappa shape index (κ3) is 2.32. The number of ketones is 1. The number of hydrogen-bond acceptors (Lipinski definition) is 5. The van der Waals surface area contributed by atoms with Gasteiger partial charge in [0.05, 0.1) is 19.9 Å². The lowest BCUT2D eigenvalue weighted by Gasteiger charge is -2.29. The van der Waals surface area contributed by atoms with E-state index in [1.807, 2.05) is 7.05 Å². The number of aryl methyl sites for hydroxylation is 1. The Morgan fingerprint density at radius 2 is 2.35 bits per heavy atom. The average Bonchev–Trinajstić information content (AvgIpc) is 2.69. The highest BCUT2D eigenvalue weighted by atomic mass is 16.5. The van der Waals surface area contributed by atoms with Gasteiger partial charge in [0.25, 0.3) is 0 Å². The van der Waals surface area contributed by atoms with Crippen LogP contribution in [-0.4, -0.2) is 60.4 Å². The average molecular weight is 239 g/mol. The minimum absolute atomic E-state index is 0.0756. The molecule has 1 aromatic heterocycles. The quantitative estimate of drug-likeness (QED) is 0.692. The maximum Gasteiger partial charge on any atom is 0.214 e. The molecule has 1 unspecified atom stereocenters. The lowest BCUT2D eigenvalue weighted by atomic mass is 10.1. The molecule has 0 radical (unpaired) electrons. The molecule has 2 rings (SSSR count). The Kier molecular flexibility index (Phi) is 3.44. The molecule has 6 heteroatoms. The largest absolute Gasteiger partial charge is 0.493 e. The van der Waals surface area contributed by atoms with Gasteiger partial charge in [0.15, 0.2) is 5.75 Å². The van der Waals surface area contributed by atoms with Crippen molar-refractivity contribution < 1.29 is 14.3 Å². The number of likely N-dealkylation sites (N-methyl/N-ethyl adjacent to an activating group) is 1. The number of rotatable bonds is 3. The summed E-state index contributed by atoms with van der Waals surface area (Å²) in [4.78, 5) is 14.4. The standard InChI is InChI=1S/C11H17N3O3/c1-13-4-5-17-9(7-13)11(15)10-8(16-3)6-12-14(10)2/h6,9H,4-5,7H2,1-3H3. The van der Waals surface area contributed by atoms with Gasteiger partial charge in [-0.15, -0.1) is 0 Å². The van der Waals surface area contributed by atoms with Crippen molar-refractivity contribution in [3.63, 3.8) is 0 Å². The zero-order valence-corrected chi connectivity index (χ0v) is 10.3. The minimum atomic E-state index is -0.432. The van der Waals surface area contributed by atoms with Crippen molar-refractivity contribution in [1.82, 2.24) is 14.7 Å². The lowest BCUT2D eigenvalue weighted by molar-refractivity contribution is -0.00925. The van der Waals surface area contributed by atoms with Crippen LogP contribution in [0.5, 0.6) is 5.75 Å². The number of methoxy groups -OCH3 is 1. The first-order valence-corrected chi connectivity index (χ1v) is 5.54. The Morgan fingerprint density at radius 3 is 3.00 bits per heavy atom. The van der Waals surface area contributed by atoms with Crippen molar-refractivity contribution >= 4 is 5.78 Å². The van der Waals surface area contributed by atoms with Crippen molar-refractivity contribution in [3.05, 3.63) is 11.9 Å². The molecule has 1 atom stereocenters. The van der Waals surface area contributed by atoms with Gasteiger partial charge in [0.2, 0.25) is 5.78 Å². The lowest BCUT2D eigenvalue weighted by Crippen LogP contribution is -2.44. The molecule has 0 saturated carbocycles. The van der Waals surface area contributed by atoms with Gasteiger partial charge in [-0.3, -0.25) is 9.48 Å². The van der Waals surface area contributed by atoms with Crippen LogP contribution in [0.1, 0.15) is 10.5 Å². The fourth-order valence-electron chi connectivity index (χ4n) is 1.94. The van der Waals surface area contributed by atoms with Crippen molar-refractivity contribution in [3.8, 4) is 5.75 Å². The van der Waals surface area contributed by atoms with Crippen LogP contribution in [-0.2, 0) is 11.8 Å². The molecule has 1 saturated heterocycles. The van der Waals surface area contributed by atoms with E-state index in [4.69, 9.17) is 9.47 Å². The fraction of sp³-hybridized carbons (Fsp3) is 0.636. The second kappa shape index (κ2) is 4.85. The van der Waals surface area contributed by atoms with E-state index in [0.29, 0.717) is 24.6 Å². The van der Waals surface area contributed by atoms with Gasteiger partial charge >= 0.3 is 0 Å². The zero-order chi connectivity index (χ0) is 12.4. The topological polar surface area (TPSA) is 56.6 Å². The second-order valence-electron chi connectivity index (χ2n) is 4.17. The molecule has 0 spiro atoms. The van der Waals surface area contributed by atoms with Crippen molar-refractivity contribution in [2.75, 3.05) is 33.9 Å². The van der Waals surface area contributed by atoms with E-state index >= 15 is 0 Å². The second-order valence-corrected chi connectivity index (χ2v) is 4.17. The van der Waals surface area contributed by atoms with Crippen molar-refractivity contribution in [2.45, 2.75) is 6.10 Å². The molecule has 0 aliphatic carbocycles. The van der Waals surface area contributed by atoms with Crippen LogP contribution in [0.25, 0.3) is 0 Å². The monoisotopic (exact) mass is 239 g/mol. The highest BCUT2D eigenvalue weighted by molar-refractivity contribution is 6.00. The summed E-state index contributed by atoms with van der Waals surface area (Å²) in [6.07, 6.45) is 1.11. The molecule has 6 nitrogen and oxygen atoms in total. The molecule has 1 aliphatic rings. The first-order chi connectivity index (χ1) is 8.13. The normalized spacial score (nSPS) is 21.5. The van der Waals surface area contributed by atoms with Crippen LogP contribution in [0.4, 0.5) is 0 Å². The van der Waals surface area contributed by atoms with Gasteiger partial charge in [-0.1, -0.05) is 0 Å². The predicted molar refractivity (Wildman–Crippen MR) is 61.3 cm³/mol.